The highest BCUT2D eigenvalue weighted by Crippen LogP contribution is 2.60. The van der Waals surface area contributed by atoms with E-state index in [0.29, 0.717) is 0 Å². The summed E-state index contributed by atoms with van der Waals surface area (Å²) in [6.45, 7) is 11.9. The Bertz CT molecular complexity index is 159. The van der Waals surface area contributed by atoms with E-state index in [2.05, 4.69) is 34.6 Å². The van der Waals surface area contributed by atoms with Crippen LogP contribution in [0.1, 0.15) is 60.3 Å². The van der Waals surface area contributed by atoms with Gasteiger partial charge in [-0.25, -0.2) is 0 Å². The van der Waals surface area contributed by atoms with E-state index < -0.39 is 0 Å². The fourth-order valence-electron chi connectivity index (χ4n) is 2.81. The summed E-state index contributed by atoms with van der Waals surface area (Å²) in [5.41, 5.74) is 0.718. The lowest BCUT2D eigenvalue weighted by atomic mass is 9.86. The highest BCUT2D eigenvalue weighted by atomic mass is 14.6. The molecule has 0 aromatic carbocycles. The molecule has 0 heterocycles. The Kier molecular flexibility index (Phi) is 3.43. The van der Waals surface area contributed by atoms with Gasteiger partial charge < -0.3 is 0 Å². The summed E-state index contributed by atoms with van der Waals surface area (Å²) in [5, 5.41) is 0. The van der Waals surface area contributed by atoms with Gasteiger partial charge in [0.25, 0.3) is 0 Å². The second-order valence-electron chi connectivity index (χ2n) is 5.62. The Morgan fingerprint density at radius 2 is 1.92 bits per heavy atom. The van der Waals surface area contributed by atoms with Crippen molar-refractivity contribution in [2.45, 2.75) is 60.3 Å². The quantitative estimate of drug-likeness (QED) is 0.587. The van der Waals surface area contributed by atoms with Gasteiger partial charge in [0.05, 0.1) is 0 Å². The molecule has 3 atom stereocenters. The maximum absolute atomic E-state index is 2.47. The second kappa shape index (κ2) is 4.02. The average molecular weight is 182 g/mol. The van der Waals surface area contributed by atoms with Crippen molar-refractivity contribution < 1.29 is 0 Å². The minimum absolute atomic E-state index is 0.718. The van der Waals surface area contributed by atoms with Crippen LogP contribution in [0, 0.1) is 23.2 Å². The molecule has 1 rings (SSSR count). The third-order valence-electron chi connectivity index (χ3n) is 4.10. The summed E-state index contributed by atoms with van der Waals surface area (Å²) < 4.78 is 0. The van der Waals surface area contributed by atoms with Gasteiger partial charge in [0.15, 0.2) is 0 Å². The van der Waals surface area contributed by atoms with Gasteiger partial charge in [-0.15, -0.1) is 0 Å². The van der Waals surface area contributed by atoms with Gasteiger partial charge >= 0.3 is 0 Å². The van der Waals surface area contributed by atoms with Gasteiger partial charge in [0, 0.05) is 0 Å². The van der Waals surface area contributed by atoms with Gasteiger partial charge in [0.2, 0.25) is 0 Å². The Morgan fingerprint density at radius 3 is 2.23 bits per heavy atom. The highest BCUT2D eigenvalue weighted by Gasteiger charge is 2.51. The van der Waals surface area contributed by atoms with Gasteiger partial charge in [0.1, 0.15) is 0 Å². The van der Waals surface area contributed by atoms with Crippen LogP contribution < -0.4 is 0 Å². The van der Waals surface area contributed by atoms with Crippen molar-refractivity contribution in [3.8, 4) is 0 Å². The standard InChI is InChI=1S/C13H26/c1-6-11(8-10(3)4)12-9-13(12,5)7-2/h10-12H,6-9H2,1-5H3. The van der Waals surface area contributed by atoms with Gasteiger partial charge in [-0.3, -0.25) is 0 Å². The molecule has 0 heteroatoms. The smallest absolute Gasteiger partial charge is 0.0294 e. The summed E-state index contributed by atoms with van der Waals surface area (Å²) in [6, 6.07) is 0. The number of hydrogen-bond acceptors (Lipinski definition) is 0. The molecule has 3 unspecified atom stereocenters. The molecule has 0 aliphatic heterocycles. The van der Waals surface area contributed by atoms with Crippen molar-refractivity contribution in [1.82, 2.24) is 0 Å². The van der Waals surface area contributed by atoms with Gasteiger partial charge in [-0.05, 0) is 36.0 Å². The van der Waals surface area contributed by atoms with Crippen LogP contribution in [-0.4, -0.2) is 0 Å². The molecule has 0 aromatic heterocycles. The van der Waals surface area contributed by atoms with Crippen molar-refractivity contribution >= 4 is 0 Å². The molecule has 78 valence electrons. The largest absolute Gasteiger partial charge is 0.0651 e. The third-order valence-corrected chi connectivity index (χ3v) is 4.10. The van der Waals surface area contributed by atoms with Crippen LogP contribution in [0.25, 0.3) is 0 Å². The number of rotatable bonds is 5. The van der Waals surface area contributed by atoms with E-state index in [1.54, 1.807) is 0 Å². The molecule has 13 heavy (non-hydrogen) atoms. The van der Waals surface area contributed by atoms with E-state index in [4.69, 9.17) is 0 Å². The molecule has 0 bridgehead atoms. The van der Waals surface area contributed by atoms with E-state index in [1.165, 1.54) is 25.7 Å². The van der Waals surface area contributed by atoms with E-state index in [-0.39, 0.29) is 0 Å². The minimum Gasteiger partial charge on any atom is -0.0651 e. The first-order chi connectivity index (χ1) is 6.03. The van der Waals surface area contributed by atoms with Crippen LogP contribution in [0.5, 0.6) is 0 Å². The predicted molar refractivity (Wildman–Crippen MR) is 59.7 cm³/mol. The van der Waals surface area contributed by atoms with Crippen molar-refractivity contribution in [2.75, 3.05) is 0 Å². The Hall–Kier alpha value is 0. The van der Waals surface area contributed by atoms with Crippen LogP contribution in [0.15, 0.2) is 0 Å². The molecule has 0 saturated heterocycles. The summed E-state index contributed by atoms with van der Waals surface area (Å²) >= 11 is 0. The monoisotopic (exact) mass is 182 g/mol. The van der Waals surface area contributed by atoms with Crippen LogP contribution in [0.4, 0.5) is 0 Å². The Labute approximate surface area is 84.1 Å². The van der Waals surface area contributed by atoms with E-state index >= 15 is 0 Å². The molecule has 0 N–H and O–H groups in total. The molecule has 0 radical (unpaired) electrons. The summed E-state index contributed by atoms with van der Waals surface area (Å²) in [4.78, 5) is 0. The first kappa shape index (κ1) is 11.1. The maximum atomic E-state index is 2.47. The van der Waals surface area contributed by atoms with E-state index in [9.17, 15) is 0 Å². The topological polar surface area (TPSA) is 0 Å². The van der Waals surface area contributed by atoms with E-state index in [1.807, 2.05) is 0 Å². The fourth-order valence-corrected chi connectivity index (χ4v) is 2.81. The van der Waals surface area contributed by atoms with Crippen molar-refractivity contribution in [2.24, 2.45) is 23.2 Å². The molecule has 0 spiro atoms. The Balaban J connectivity index is 2.42. The molecule has 1 fully saturated rings. The molecular formula is C13H26. The molecule has 1 aliphatic rings. The van der Waals surface area contributed by atoms with E-state index in [0.717, 1.165) is 23.2 Å². The fraction of sp³-hybridized carbons (Fsp3) is 1.00. The SMILES string of the molecule is CCC(CC(C)C)C1CC1(C)CC. The van der Waals surface area contributed by atoms with Crippen LogP contribution in [0.3, 0.4) is 0 Å². The summed E-state index contributed by atoms with van der Waals surface area (Å²) in [5.74, 6) is 2.93. The van der Waals surface area contributed by atoms with Crippen LogP contribution in [0.2, 0.25) is 0 Å². The predicted octanol–water partition coefficient (Wildman–Crippen LogP) is 4.49. The van der Waals surface area contributed by atoms with Crippen molar-refractivity contribution in [3.63, 3.8) is 0 Å². The van der Waals surface area contributed by atoms with Crippen LogP contribution >= 0.6 is 0 Å². The summed E-state index contributed by atoms with van der Waals surface area (Å²) in [7, 11) is 0. The molecule has 1 aliphatic carbocycles. The molecule has 0 aromatic rings. The maximum Gasteiger partial charge on any atom is -0.0294 e. The van der Waals surface area contributed by atoms with Gasteiger partial charge in [-0.2, -0.15) is 0 Å². The molecule has 1 saturated carbocycles. The summed E-state index contributed by atoms with van der Waals surface area (Å²) in [6.07, 6.45) is 5.70. The molecular weight excluding hydrogens is 156 g/mol. The average Bonchev–Trinajstić information content (AvgIpc) is 2.75. The van der Waals surface area contributed by atoms with Gasteiger partial charge in [-0.1, -0.05) is 47.5 Å². The lowest BCUT2D eigenvalue weighted by Gasteiger charge is -2.19. The molecule has 0 nitrogen and oxygen atoms in total. The second-order valence-corrected chi connectivity index (χ2v) is 5.62. The third kappa shape index (κ3) is 2.48. The number of hydrogen-bond donors (Lipinski definition) is 0. The minimum atomic E-state index is 0.718. The first-order valence-corrected chi connectivity index (χ1v) is 6.03. The molecule has 0 amide bonds. The lowest BCUT2D eigenvalue weighted by Crippen LogP contribution is -2.10. The normalized spacial score (nSPS) is 35.1. The first-order valence-electron chi connectivity index (χ1n) is 6.03. The zero-order valence-electron chi connectivity index (χ0n) is 10.1. The zero-order valence-corrected chi connectivity index (χ0v) is 10.1. The highest BCUT2D eigenvalue weighted by molar-refractivity contribution is 5.00. The Morgan fingerprint density at radius 1 is 1.31 bits per heavy atom. The zero-order chi connectivity index (χ0) is 10.1. The van der Waals surface area contributed by atoms with Crippen LogP contribution in [-0.2, 0) is 0 Å². The van der Waals surface area contributed by atoms with Crippen molar-refractivity contribution in [1.29, 1.82) is 0 Å². The van der Waals surface area contributed by atoms with Crippen molar-refractivity contribution in [3.05, 3.63) is 0 Å². The lowest BCUT2D eigenvalue weighted by molar-refractivity contribution is 0.307.